The summed E-state index contributed by atoms with van der Waals surface area (Å²) in [6, 6.07) is 12.4. The van der Waals surface area contributed by atoms with Crippen LogP contribution in [0.3, 0.4) is 0 Å². The third-order valence-electron chi connectivity index (χ3n) is 5.48. The van der Waals surface area contributed by atoms with Crippen LogP contribution >= 0.6 is 0 Å². The molecular weight excluding hydrogens is 378 g/mol. The molecule has 1 aliphatic heterocycles. The fourth-order valence-corrected chi connectivity index (χ4v) is 3.61. The Kier molecular flexibility index (Phi) is 5.37. The van der Waals surface area contributed by atoms with Crippen molar-refractivity contribution in [3.63, 3.8) is 0 Å². The maximum atomic E-state index is 12.9. The summed E-state index contributed by atoms with van der Waals surface area (Å²) >= 11 is 0. The molecule has 0 unspecified atom stereocenters. The molecule has 0 saturated carbocycles. The van der Waals surface area contributed by atoms with E-state index in [1.807, 2.05) is 30.0 Å². The number of hydrogen-bond donors (Lipinski definition) is 2. The average Bonchev–Trinajstić information content (AvgIpc) is 2.75. The van der Waals surface area contributed by atoms with E-state index in [9.17, 15) is 9.90 Å². The van der Waals surface area contributed by atoms with Gasteiger partial charge in [-0.2, -0.15) is 0 Å². The molecule has 0 radical (unpaired) electrons. The van der Waals surface area contributed by atoms with Gasteiger partial charge < -0.3 is 20.6 Å². The second-order valence-electron chi connectivity index (χ2n) is 7.66. The zero-order chi connectivity index (χ0) is 21.3. The van der Waals surface area contributed by atoms with Crippen molar-refractivity contribution in [2.75, 3.05) is 39.0 Å². The standard InChI is InChI=1S/C23H25N5O2/c1-15-13-17(5-8-19(15)23(30)28-11-9-27(2)10-12-28)20-14-25-22(24)21(26-20)16-3-6-18(29)7-4-16/h3-8,13-14,29H,9-12H2,1-2H3,(H2,24,25). The van der Waals surface area contributed by atoms with E-state index in [1.54, 1.807) is 30.5 Å². The number of nitrogens with zero attached hydrogens (tertiary/aromatic N) is 4. The minimum atomic E-state index is 0.0697. The molecule has 7 nitrogen and oxygen atoms in total. The Labute approximate surface area is 175 Å². The second-order valence-corrected chi connectivity index (χ2v) is 7.66. The van der Waals surface area contributed by atoms with Crippen molar-refractivity contribution in [3.8, 4) is 28.3 Å². The maximum absolute atomic E-state index is 12.9. The van der Waals surface area contributed by atoms with Crippen LogP contribution in [0.4, 0.5) is 5.82 Å². The molecule has 3 aromatic rings. The number of aromatic hydroxyl groups is 1. The van der Waals surface area contributed by atoms with E-state index in [2.05, 4.69) is 21.9 Å². The number of aryl methyl sites for hydroxylation is 1. The van der Waals surface area contributed by atoms with Crippen LogP contribution in [0, 0.1) is 6.92 Å². The molecule has 1 aliphatic rings. The van der Waals surface area contributed by atoms with Crippen LogP contribution in [0.5, 0.6) is 5.75 Å². The van der Waals surface area contributed by atoms with Crippen molar-refractivity contribution in [3.05, 3.63) is 59.8 Å². The first-order chi connectivity index (χ1) is 14.4. The lowest BCUT2D eigenvalue weighted by Gasteiger charge is -2.32. The first kappa shape index (κ1) is 19.8. The second kappa shape index (κ2) is 8.12. The number of hydrogen-bond acceptors (Lipinski definition) is 6. The number of carbonyl (C=O) groups is 1. The molecule has 30 heavy (non-hydrogen) atoms. The summed E-state index contributed by atoms with van der Waals surface area (Å²) in [5.74, 6) is 0.570. The molecule has 0 spiro atoms. The quantitative estimate of drug-likeness (QED) is 0.698. The van der Waals surface area contributed by atoms with Gasteiger partial charge in [-0.05, 0) is 55.9 Å². The minimum Gasteiger partial charge on any atom is -0.508 e. The van der Waals surface area contributed by atoms with Gasteiger partial charge in [-0.1, -0.05) is 6.07 Å². The molecule has 2 heterocycles. The predicted octanol–water partition coefficient (Wildman–Crippen LogP) is 2.79. The lowest BCUT2D eigenvalue weighted by molar-refractivity contribution is 0.0663. The summed E-state index contributed by atoms with van der Waals surface area (Å²) in [5, 5.41) is 9.51. The van der Waals surface area contributed by atoms with Crippen LogP contribution in [0.1, 0.15) is 15.9 Å². The molecule has 4 rings (SSSR count). The number of benzene rings is 2. The smallest absolute Gasteiger partial charge is 0.254 e. The molecule has 1 amide bonds. The highest BCUT2D eigenvalue weighted by Crippen LogP contribution is 2.28. The van der Waals surface area contributed by atoms with E-state index in [4.69, 9.17) is 5.73 Å². The monoisotopic (exact) mass is 403 g/mol. The van der Waals surface area contributed by atoms with E-state index in [0.29, 0.717) is 22.8 Å². The molecule has 1 fully saturated rings. The number of carbonyl (C=O) groups excluding carboxylic acids is 1. The SMILES string of the molecule is Cc1cc(-c2cnc(N)c(-c3ccc(O)cc3)n2)ccc1C(=O)N1CCN(C)CC1. The number of nitrogen functional groups attached to an aromatic ring is 1. The van der Waals surface area contributed by atoms with Crippen molar-refractivity contribution in [2.45, 2.75) is 6.92 Å². The van der Waals surface area contributed by atoms with E-state index in [0.717, 1.165) is 42.9 Å². The molecule has 1 aromatic heterocycles. The summed E-state index contributed by atoms with van der Waals surface area (Å²) in [4.78, 5) is 26.0. The third-order valence-corrected chi connectivity index (χ3v) is 5.48. The number of anilines is 1. The van der Waals surface area contributed by atoms with Crippen LogP contribution in [-0.4, -0.2) is 64.0 Å². The molecule has 0 atom stereocenters. The number of nitrogens with two attached hydrogens (primary N) is 1. The van der Waals surface area contributed by atoms with Crippen molar-refractivity contribution in [2.24, 2.45) is 0 Å². The van der Waals surface area contributed by atoms with Gasteiger partial charge in [0.1, 0.15) is 17.3 Å². The van der Waals surface area contributed by atoms with Crippen LogP contribution < -0.4 is 5.73 Å². The fraction of sp³-hybridized carbons (Fsp3) is 0.261. The number of likely N-dealkylation sites (N-methyl/N-ethyl adjacent to an activating group) is 1. The minimum absolute atomic E-state index is 0.0697. The summed E-state index contributed by atoms with van der Waals surface area (Å²) < 4.78 is 0. The topological polar surface area (TPSA) is 95.6 Å². The van der Waals surface area contributed by atoms with Gasteiger partial charge in [0.25, 0.3) is 5.91 Å². The number of phenols is 1. The van der Waals surface area contributed by atoms with E-state index in [1.165, 1.54) is 0 Å². The number of rotatable bonds is 3. The van der Waals surface area contributed by atoms with Crippen LogP contribution in [0.15, 0.2) is 48.7 Å². The van der Waals surface area contributed by atoms with Crippen LogP contribution in [0.2, 0.25) is 0 Å². The van der Waals surface area contributed by atoms with E-state index < -0.39 is 0 Å². The molecule has 7 heteroatoms. The zero-order valence-electron chi connectivity index (χ0n) is 17.2. The Morgan fingerprint density at radius 1 is 1.03 bits per heavy atom. The molecule has 0 bridgehead atoms. The van der Waals surface area contributed by atoms with Crippen LogP contribution in [-0.2, 0) is 0 Å². The molecule has 154 valence electrons. The van der Waals surface area contributed by atoms with Crippen molar-refractivity contribution in [1.29, 1.82) is 0 Å². The van der Waals surface area contributed by atoms with Gasteiger partial charge in [-0.25, -0.2) is 9.97 Å². The number of aromatic nitrogens is 2. The summed E-state index contributed by atoms with van der Waals surface area (Å²) in [7, 11) is 2.07. The molecule has 2 aromatic carbocycles. The summed E-state index contributed by atoms with van der Waals surface area (Å²) in [5.41, 5.74) is 10.5. The van der Waals surface area contributed by atoms with E-state index >= 15 is 0 Å². The lowest BCUT2D eigenvalue weighted by Crippen LogP contribution is -2.47. The molecule has 0 aliphatic carbocycles. The number of piperazine rings is 1. The predicted molar refractivity (Wildman–Crippen MR) is 117 cm³/mol. The van der Waals surface area contributed by atoms with Gasteiger partial charge in [0, 0.05) is 42.9 Å². The largest absolute Gasteiger partial charge is 0.508 e. The highest BCUT2D eigenvalue weighted by atomic mass is 16.3. The zero-order valence-corrected chi connectivity index (χ0v) is 17.2. The fourth-order valence-electron chi connectivity index (χ4n) is 3.61. The first-order valence-corrected chi connectivity index (χ1v) is 9.93. The molecule has 3 N–H and O–H groups in total. The number of amides is 1. The van der Waals surface area contributed by atoms with Gasteiger partial charge in [0.2, 0.25) is 0 Å². The highest BCUT2D eigenvalue weighted by molar-refractivity contribution is 5.96. The number of phenolic OH excluding ortho intramolecular Hbond substituents is 1. The van der Waals surface area contributed by atoms with Crippen molar-refractivity contribution >= 4 is 11.7 Å². The molecule has 1 saturated heterocycles. The van der Waals surface area contributed by atoms with Gasteiger partial charge in [-0.15, -0.1) is 0 Å². The Morgan fingerprint density at radius 3 is 2.37 bits per heavy atom. The van der Waals surface area contributed by atoms with Gasteiger partial charge in [0.05, 0.1) is 11.9 Å². The summed E-state index contributed by atoms with van der Waals surface area (Å²) in [6.07, 6.45) is 1.63. The Morgan fingerprint density at radius 2 is 1.70 bits per heavy atom. The Hall–Kier alpha value is -3.45. The van der Waals surface area contributed by atoms with Crippen molar-refractivity contribution in [1.82, 2.24) is 19.8 Å². The lowest BCUT2D eigenvalue weighted by atomic mass is 10.0. The maximum Gasteiger partial charge on any atom is 0.254 e. The Balaban J connectivity index is 1.62. The van der Waals surface area contributed by atoms with Crippen LogP contribution in [0.25, 0.3) is 22.5 Å². The van der Waals surface area contributed by atoms with Gasteiger partial charge in [-0.3, -0.25) is 4.79 Å². The average molecular weight is 403 g/mol. The van der Waals surface area contributed by atoms with E-state index in [-0.39, 0.29) is 11.7 Å². The summed E-state index contributed by atoms with van der Waals surface area (Å²) in [6.45, 7) is 5.22. The van der Waals surface area contributed by atoms with Crippen molar-refractivity contribution < 1.29 is 9.90 Å². The highest BCUT2D eigenvalue weighted by Gasteiger charge is 2.22. The van der Waals surface area contributed by atoms with Gasteiger partial charge >= 0.3 is 0 Å². The normalized spacial score (nSPS) is 14.7. The third kappa shape index (κ3) is 3.97. The van der Waals surface area contributed by atoms with Gasteiger partial charge in [0.15, 0.2) is 0 Å². The Bertz CT molecular complexity index is 1070. The molecular formula is C23H25N5O2. The first-order valence-electron chi connectivity index (χ1n) is 9.93.